The summed E-state index contributed by atoms with van der Waals surface area (Å²) in [7, 11) is 0. The fraction of sp³-hybridized carbons (Fsp3) is 0.344. The number of hydrogen-bond acceptors (Lipinski definition) is 7. The van der Waals surface area contributed by atoms with Gasteiger partial charge in [0.25, 0.3) is 5.56 Å². The van der Waals surface area contributed by atoms with Crippen LogP contribution < -0.4 is 16.0 Å². The van der Waals surface area contributed by atoms with Crippen molar-refractivity contribution >= 4 is 27.3 Å². The molecule has 0 aliphatic heterocycles. The van der Waals surface area contributed by atoms with Crippen LogP contribution in [0.3, 0.4) is 0 Å². The molecule has 5 aromatic rings. The lowest BCUT2D eigenvalue weighted by molar-refractivity contribution is -0.127. The first-order valence-corrected chi connectivity index (χ1v) is 14.9. The molecule has 0 N–H and O–H groups in total. The number of aryl methyl sites for hydroxylation is 3. The van der Waals surface area contributed by atoms with Gasteiger partial charge in [0.05, 0.1) is 17.8 Å². The van der Waals surface area contributed by atoms with E-state index in [2.05, 4.69) is 10.2 Å². The van der Waals surface area contributed by atoms with Crippen molar-refractivity contribution in [2.24, 2.45) is 5.92 Å². The molecule has 0 radical (unpaired) electrons. The predicted octanol–water partition coefficient (Wildman–Crippen LogP) is 5.42. The second-order valence-corrected chi connectivity index (χ2v) is 12.4. The second-order valence-electron chi connectivity index (χ2n) is 11.5. The van der Waals surface area contributed by atoms with E-state index >= 15 is 0 Å². The molecule has 0 bridgehead atoms. The Bertz CT molecular complexity index is 1890. The van der Waals surface area contributed by atoms with Gasteiger partial charge in [0, 0.05) is 18.5 Å². The van der Waals surface area contributed by atoms with E-state index in [4.69, 9.17) is 4.74 Å². The largest absolute Gasteiger partial charge is 0.489 e. The van der Waals surface area contributed by atoms with Crippen molar-refractivity contribution in [3.8, 4) is 10.8 Å². The van der Waals surface area contributed by atoms with Crippen molar-refractivity contribution in [3.05, 3.63) is 104 Å². The molecule has 5 rings (SSSR count). The molecule has 11 heteroatoms. The number of halogens is 1. The number of aromatic nitrogens is 5. The van der Waals surface area contributed by atoms with E-state index in [-0.39, 0.29) is 31.1 Å². The smallest absolute Gasteiger partial charge is 0.332 e. The number of benzene rings is 2. The maximum Gasteiger partial charge on any atom is 0.332 e. The summed E-state index contributed by atoms with van der Waals surface area (Å²) >= 11 is 1.22. The zero-order valence-corrected chi connectivity index (χ0v) is 25.7. The van der Waals surface area contributed by atoms with Gasteiger partial charge >= 0.3 is 5.69 Å². The Morgan fingerprint density at radius 3 is 2.44 bits per heavy atom. The lowest BCUT2D eigenvalue weighted by Crippen LogP contribution is -2.52. The van der Waals surface area contributed by atoms with E-state index in [0.717, 1.165) is 10.1 Å². The maximum absolute atomic E-state index is 14.4. The molecule has 0 unspecified atom stereocenters. The minimum atomic E-state index is -1.39. The third-order valence-corrected chi connectivity index (χ3v) is 8.77. The molecule has 43 heavy (non-hydrogen) atoms. The number of ketones is 1. The summed E-state index contributed by atoms with van der Waals surface area (Å²) in [4.78, 5) is 43.4. The summed E-state index contributed by atoms with van der Waals surface area (Å²) in [6.07, 6.45) is 3.52. The number of ether oxygens (including phenoxy) is 1. The zero-order chi connectivity index (χ0) is 30.9. The van der Waals surface area contributed by atoms with E-state index < -0.39 is 22.6 Å². The predicted molar refractivity (Wildman–Crippen MR) is 165 cm³/mol. The highest BCUT2D eigenvalue weighted by molar-refractivity contribution is 7.21. The number of nitrogens with zero attached hydrogens (tertiary/aromatic N) is 5. The third-order valence-electron chi connectivity index (χ3n) is 7.49. The molecule has 3 aromatic heterocycles. The number of carbonyl (C=O) groups excluding carboxylic acids is 1. The Morgan fingerprint density at radius 1 is 1.07 bits per heavy atom. The SMILES string of the molecule is Cc1c(-n2nccn2)sc2c1c(=O)n(C(C)(C)C(=O)CC(C)C)c(=O)n2CCc1cc(F)ccc1OCc1ccccc1. The van der Waals surface area contributed by atoms with Gasteiger partial charge in [-0.2, -0.15) is 10.2 Å². The Morgan fingerprint density at radius 2 is 1.77 bits per heavy atom. The Kier molecular flexibility index (Phi) is 8.45. The number of Topliss-reactive ketones (excluding diaryl/α,β-unsaturated/α-hetero) is 1. The molecule has 0 saturated heterocycles. The molecule has 0 atom stereocenters. The number of rotatable bonds is 11. The van der Waals surface area contributed by atoms with Crippen molar-refractivity contribution in [1.29, 1.82) is 0 Å². The van der Waals surface area contributed by atoms with Crippen molar-refractivity contribution in [2.75, 3.05) is 0 Å². The van der Waals surface area contributed by atoms with E-state index in [9.17, 15) is 18.8 Å². The normalized spacial score (nSPS) is 11.9. The molecular formula is C32H34FN5O4S. The highest BCUT2D eigenvalue weighted by atomic mass is 32.1. The average Bonchev–Trinajstić information content (AvgIpc) is 3.61. The summed E-state index contributed by atoms with van der Waals surface area (Å²) < 4.78 is 23.0. The van der Waals surface area contributed by atoms with Crippen molar-refractivity contribution < 1.29 is 13.9 Å². The monoisotopic (exact) mass is 603 g/mol. The summed E-state index contributed by atoms with van der Waals surface area (Å²) in [6.45, 7) is 9.24. The molecule has 0 amide bonds. The molecule has 0 fully saturated rings. The van der Waals surface area contributed by atoms with Gasteiger partial charge in [0.15, 0.2) is 5.78 Å². The van der Waals surface area contributed by atoms with E-state index in [0.29, 0.717) is 38.7 Å². The first kappa shape index (κ1) is 30.1. The van der Waals surface area contributed by atoms with Crippen LogP contribution in [0.4, 0.5) is 4.39 Å². The van der Waals surface area contributed by atoms with Gasteiger partial charge in [-0.1, -0.05) is 55.5 Å². The zero-order valence-electron chi connectivity index (χ0n) is 24.8. The number of hydrogen-bond donors (Lipinski definition) is 0. The summed E-state index contributed by atoms with van der Waals surface area (Å²) in [6, 6.07) is 13.9. The molecule has 3 heterocycles. The minimum Gasteiger partial charge on any atom is -0.489 e. The van der Waals surface area contributed by atoms with E-state index in [1.54, 1.807) is 26.8 Å². The molecule has 0 spiro atoms. The quantitative estimate of drug-likeness (QED) is 0.200. The van der Waals surface area contributed by atoms with Crippen molar-refractivity contribution in [2.45, 2.75) is 66.2 Å². The van der Waals surface area contributed by atoms with Crippen LogP contribution >= 0.6 is 11.3 Å². The van der Waals surface area contributed by atoms with Crippen LogP contribution in [0.1, 0.15) is 50.8 Å². The highest BCUT2D eigenvalue weighted by Gasteiger charge is 2.35. The van der Waals surface area contributed by atoms with E-state index in [1.807, 2.05) is 44.2 Å². The molecule has 0 saturated carbocycles. The second kappa shape index (κ2) is 12.1. The van der Waals surface area contributed by atoms with Crippen LogP contribution in [0.5, 0.6) is 5.75 Å². The lowest BCUT2D eigenvalue weighted by atomic mass is 9.91. The van der Waals surface area contributed by atoms with Crippen LogP contribution in [-0.2, 0) is 29.9 Å². The topological polar surface area (TPSA) is 101 Å². The minimum absolute atomic E-state index is 0.0519. The Balaban J connectivity index is 1.62. The maximum atomic E-state index is 14.4. The third kappa shape index (κ3) is 5.94. The first-order valence-electron chi connectivity index (χ1n) is 14.1. The van der Waals surface area contributed by atoms with Crippen molar-refractivity contribution in [1.82, 2.24) is 24.1 Å². The van der Waals surface area contributed by atoms with Gasteiger partial charge in [0.2, 0.25) is 0 Å². The van der Waals surface area contributed by atoms with Crippen molar-refractivity contribution in [3.63, 3.8) is 0 Å². The van der Waals surface area contributed by atoms with Gasteiger partial charge in [-0.05, 0) is 62.4 Å². The fourth-order valence-electron chi connectivity index (χ4n) is 5.13. The van der Waals surface area contributed by atoms with E-state index in [1.165, 1.54) is 45.2 Å². The molecule has 0 aliphatic carbocycles. The molecular weight excluding hydrogens is 569 g/mol. The first-order chi connectivity index (χ1) is 20.5. The summed E-state index contributed by atoms with van der Waals surface area (Å²) in [5.74, 6) is -0.0877. The van der Waals surface area contributed by atoms with Crippen LogP contribution in [0.15, 0.2) is 70.5 Å². The number of fused-ring (bicyclic) bond motifs is 1. The standard InChI is InChI=1S/C32H34FN5O4S/c1-20(2)17-26(39)32(4,5)37-28(40)27-21(3)29(38-34-14-15-35-38)43-30(27)36(31(37)41)16-13-23-18-24(33)11-12-25(23)42-19-22-9-7-6-8-10-22/h6-12,14-15,18,20H,13,16-17,19H2,1-5H3. The lowest BCUT2D eigenvalue weighted by Gasteiger charge is -2.27. The average molecular weight is 604 g/mol. The van der Waals surface area contributed by atoms with Crippen LogP contribution in [0, 0.1) is 18.7 Å². The van der Waals surface area contributed by atoms with Gasteiger partial charge in [-0.3, -0.25) is 14.2 Å². The molecule has 2 aromatic carbocycles. The summed E-state index contributed by atoms with van der Waals surface area (Å²) in [5, 5.41) is 9.36. The van der Waals surface area contributed by atoms with Gasteiger partial charge in [-0.15, -0.1) is 4.80 Å². The van der Waals surface area contributed by atoms with Crippen LogP contribution in [0.25, 0.3) is 15.2 Å². The Labute approximate surface area is 252 Å². The Hall–Kier alpha value is -4.38. The number of thiophene rings is 1. The van der Waals surface area contributed by atoms with Crippen LogP contribution in [-0.4, -0.2) is 29.9 Å². The number of carbonyl (C=O) groups is 1. The van der Waals surface area contributed by atoms with Gasteiger partial charge in [0.1, 0.15) is 33.5 Å². The molecule has 224 valence electrons. The van der Waals surface area contributed by atoms with Crippen LogP contribution in [0.2, 0.25) is 0 Å². The molecule has 9 nitrogen and oxygen atoms in total. The van der Waals surface area contributed by atoms with Gasteiger partial charge in [-0.25, -0.2) is 13.8 Å². The summed E-state index contributed by atoms with van der Waals surface area (Å²) in [5.41, 5.74) is -0.396. The molecule has 0 aliphatic rings. The highest BCUT2D eigenvalue weighted by Crippen LogP contribution is 2.32. The fourth-order valence-corrected chi connectivity index (χ4v) is 6.37. The van der Waals surface area contributed by atoms with Gasteiger partial charge < -0.3 is 4.74 Å².